The zero-order valence-corrected chi connectivity index (χ0v) is 10.2. The Labute approximate surface area is 101 Å². The quantitative estimate of drug-likeness (QED) is 0.815. The number of halogens is 2. The zero-order valence-electron chi connectivity index (χ0n) is 8.66. The Bertz CT molecular complexity index is 324. The van der Waals surface area contributed by atoms with Gasteiger partial charge in [-0.2, -0.15) is 0 Å². The van der Waals surface area contributed by atoms with Crippen LogP contribution in [0.25, 0.3) is 0 Å². The fourth-order valence-corrected chi connectivity index (χ4v) is 1.73. The Morgan fingerprint density at radius 1 is 1.40 bits per heavy atom. The van der Waals surface area contributed by atoms with Gasteiger partial charge < -0.3 is 5.43 Å². The molecule has 0 saturated carbocycles. The number of hydrazine groups is 1. The fraction of sp³-hybridized carbons (Fsp3) is 0.500. The summed E-state index contributed by atoms with van der Waals surface area (Å²) < 4.78 is 0. The van der Waals surface area contributed by atoms with Crippen LogP contribution in [0.5, 0.6) is 0 Å². The summed E-state index contributed by atoms with van der Waals surface area (Å²) >= 11 is 5.84. The molecule has 2 rings (SSSR count). The van der Waals surface area contributed by atoms with Gasteiger partial charge in [0.05, 0.1) is 11.9 Å². The topological polar surface area (TPSA) is 28.2 Å². The Morgan fingerprint density at radius 2 is 2.07 bits per heavy atom. The fourth-order valence-electron chi connectivity index (χ4n) is 1.63. The molecule has 0 unspecified atom stereocenters. The lowest BCUT2D eigenvalue weighted by atomic mass is 10.3. The summed E-state index contributed by atoms with van der Waals surface area (Å²) in [6, 6.07) is 2.02. The molecular formula is C10H15Cl2N3. The van der Waals surface area contributed by atoms with Gasteiger partial charge >= 0.3 is 0 Å². The lowest BCUT2D eigenvalue weighted by molar-refractivity contribution is 0.410. The summed E-state index contributed by atoms with van der Waals surface area (Å²) in [5, 5.41) is 2.79. The number of rotatable bonds is 2. The molecule has 2 heterocycles. The van der Waals surface area contributed by atoms with Crippen molar-refractivity contribution in [3.63, 3.8) is 0 Å². The monoisotopic (exact) mass is 247 g/mol. The van der Waals surface area contributed by atoms with Crippen molar-refractivity contribution in [1.82, 2.24) is 9.99 Å². The first-order valence-electron chi connectivity index (χ1n) is 4.89. The number of hydrogen-bond acceptors (Lipinski definition) is 3. The van der Waals surface area contributed by atoms with Crippen LogP contribution in [0, 0.1) is 6.92 Å². The highest BCUT2D eigenvalue weighted by molar-refractivity contribution is 6.30. The van der Waals surface area contributed by atoms with E-state index in [1.165, 1.54) is 12.8 Å². The molecule has 3 nitrogen and oxygen atoms in total. The van der Waals surface area contributed by atoms with Crippen molar-refractivity contribution < 1.29 is 0 Å². The summed E-state index contributed by atoms with van der Waals surface area (Å²) in [4.78, 5) is 4.10. The van der Waals surface area contributed by atoms with Crippen molar-refractivity contribution in [3.8, 4) is 0 Å². The number of pyridine rings is 1. The average molecular weight is 248 g/mol. The van der Waals surface area contributed by atoms with Gasteiger partial charge in [-0.25, -0.2) is 9.99 Å². The molecule has 1 aromatic heterocycles. The Balaban J connectivity index is 0.00000112. The lowest BCUT2D eigenvalue weighted by Crippen LogP contribution is -2.26. The molecule has 1 aliphatic heterocycles. The maximum Gasteiger partial charge on any atom is 0.132 e. The molecule has 1 aromatic rings. The van der Waals surface area contributed by atoms with Crippen molar-refractivity contribution in [2.24, 2.45) is 0 Å². The maximum atomic E-state index is 5.84. The van der Waals surface area contributed by atoms with E-state index in [1.54, 1.807) is 6.20 Å². The van der Waals surface area contributed by atoms with Gasteiger partial charge in [-0.05, 0) is 31.4 Å². The minimum absolute atomic E-state index is 0. The number of hydrogen-bond donors (Lipinski definition) is 1. The van der Waals surface area contributed by atoms with E-state index in [9.17, 15) is 0 Å². The molecule has 1 N–H and O–H groups in total. The third-order valence-electron chi connectivity index (χ3n) is 2.41. The highest BCUT2D eigenvalue weighted by atomic mass is 35.5. The van der Waals surface area contributed by atoms with E-state index in [-0.39, 0.29) is 12.4 Å². The molecule has 0 bridgehead atoms. The van der Waals surface area contributed by atoms with Crippen LogP contribution in [0.4, 0.5) is 5.69 Å². The van der Waals surface area contributed by atoms with Gasteiger partial charge in [0.15, 0.2) is 0 Å². The van der Waals surface area contributed by atoms with Gasteiger partial charge in [0, 0.05) is 13.1 Å². The minimum Gasteiger partial charge on any atom is -0.317 e. The Kier molecular flexibility index (Phi) is 4.64. The Hall–Kier alpha value is -0.510. The van der Waals surface area contributed by atoms with Crippen LogP contribution < -0.4 is 5.43 Å². The predicted molar refractivity (Wildman–Crippen MR) is 65.7 cm³/mol. The van der Waals surface area contributed by atoms with Crippen molar-refractivity contribution >= 4 is 29.7 Å². The number of nitrogens with one attached hydrogen (secondary N) is 1. The van der Waals surface area contributed by atoms with Crippen molar-refractivity contribution in [2.75, 3.05) is 18.5 Å². The number of nitrogens with zero attached hydrogens (tertiary/aromatic N) is 2. The zero-order chi connectivity index (χ0) is 9.97. The SMILES string of the molecule is Cc1cc(NN2CCCC2)cnc1Cl.Cl. The van der Waals surface area contributed by atoms with Gasteiger partial charge in [0.25, 0.3) is 0 Å². The molecule has 0 radical (unpaired) electrons. The van der Waals surface area contributed by atoms with E-state index in [1.807, 2.05) is 13.0 Å². The van der Waals surface area contributed by atoms with Crippen LogP contribution in [0.15, 0.2) is 12.3 Å². The van der Waals surface area contributed by atoms with Gasteiger partial charge in [0.1, 0.15) is 5.15 Å². The van der Waals surface area contributed by atoms with Crippen LogP contribution in [-0.2, 0) is 0 Å². The van der Waals surface area contributed by atoms with E-state index in [0.717, 1.165) is 24.3 Å². The Morgan fingerprint density at radius 3 is 2.67 bits per heavy atom. The highest BCUT2D eigenvalue weighted by Crippen LogP contribution is 2.17. The van der Waals surface area contributed by atoms with Crippen LogP contribution in [0.3, 0.4) is 0 Å². The molecule has 1 saturated heterocycles. The molecule has 0 aromatic carbocycles. The molecule has 0 spiro atoms. The molecule has 0 atom stereocenters. The summed E-state index contributed by atoms with van der Waals surface area (Å²) in [5.41, 5.74) is 5.35. The van der Waals surface area contributed by atoms with E-state index in [0.29, 0.717) is 5.15 Å². The van der Waals surface area contributed by atoms with Crippen LogP contribution >= 0.6 is 24.0 Å². The lowest BCUT2D eigenvalue weighted by Gasteiger charge is -2.17. The first-order valence-corrected chi connectivity index (χ1v) is 5.27. The molecule has 5 heteroatoms. The van der Waals surface area contributed by atoms with Crippen LogP contribution in [0.1, 0.15) is 18.4 Å². The maximum absolute atomic E-state index is 5.84. The predicted octanol–water partition coefficient (Wildman–Crippen LogP) is 2.89. The molecule has 15 heavy (non-hydrogen) atoms. The van der Waals surface area contributed by atoms with Crippen molar-refractivity contribution in [1.29, 1.82) is 0 Å². The first kappa shape index (κ1) is 12.6. The van der Waals surface area contributed by atoms with E-state index in [4.69, 9.17) is 11.6 Å². The van der Waals surface area contributed by atoms with Crippen LogP contribution in [0.2, 0.25) is 5.15 Å². The van der Waals surface area contributed by atoms with E-state index >= 15 is 0 Å². The van der Waals surface area contributed by atoms with Gasteiger partial charge in [-0.1, -0.05) is 11.6 Å². The molecule has 1 aliphatic rings. The molecular weight excluding hydrogens is 233 g/mol. The smallest absolute Gasteiger partial charge is 0.132 e. The van der Waals surface area contributed by atoms with E-state index in [2.05, 4.69) is 15.4 Å². The normalized spacial score (nSPS) is 16.1. The highest BCUT2D eigenvalue weighted by Gasteiger charge is 2.11. The second kappa shape index (κ2) is 5.54. The second-order valence-corrected chi connectivity index (χ2v) is 4.00. The summed E-state index contributed by atoms with van der Waals surface area (Å²) in [6.07, 6.45) is 4.31. The average Bonchev–Trinajstić information content (AvgIpc) is 2.64. The number of aromatic nitrogens is 1. The number of aryl methyl sites for hydroxylation is 1. The largest absolute Gasteiger partial charge is 0.317 e. The van der Waals surface area contributed by atoms with Gasteiger partial charge in [-0.15, -0.1) is 12.4 Å². The third-order valence-corrected chi connectivity index (χ3v) is 2.80. The van der Waals surface area contributed by atoms with Crippen molar-refractivity contribution in [2.45, 2.75) is 19.8 Å². The minimum atomic E-state index is 0. The molecule has 0 aliphatic carbocycles. The van der Waals surface area contributed by atoms with Gasteiger partial charge in [0.2, 0.25) is 0 Å². The number of anilines is 1. The molecule has 0 amide bonds. The standard InChI is InChI=1S/C10H14ClN3.ClH/c1-8-6-9(7-12-10(8)11)13-14-4-2-3-5-14;/h6-7,13H,2-5H2,1H3;1H. The summed E-state index contributed by atoms with van der Waals surface area (Å²) in [5.74, 6) is 0. The van der Waals surface area contributed by atoms with Gasteiger partial charge in [-0.3, -0.25) is 0 Å². The first-order chi connectivity index (χ1) is 6.75. The second-order valence-electron chi connectivity index (χ2n) is 3.64. The van der Waals surface area contributed by atoms with Crippen molar-refractivity contribution in [3.05, 3.63) is 23.0 Å². The third kappa shape index (κ3) is 3.23. The van der Waals surface area contributed by atoms with Crippen LogP contribution in [-0.4, -0.2) is 23.1 Å². The molecule has 1 fully saturated rings. The summed E-state index contributed by atoms with van der Waals surface area (Å²) in [6.45, 7) is 4.19. The summed E-state index contributed by atoms with van der Waals surface area (Å²) in [7, 11) is 0. The molecule has 84 valence electrons. The van der Waals surface area contributed by atoms with E-state index < -0.39 is 0 Å².